The van der Waals surface area contributed by atoms with Gasteiger partial charge in [-0.25, -0.2) is 5.84 Å². The second-order valence-electron chi connectivity index (χ2n) is 5.16. The third-order valence-electron chi connectivity index (χ3n) is 3.50. The zero-order valence-corrected chi connectivity index (χ0v) is 11.9. The number of nitrogens with one attached hydrogen (secondary N) is 1. The van der Waals surface area contributed by atoms with Crippen molar-refractivity contribution in [3.05, 3.63) is 70.8 Å². The van der Waals surface area contributed by atoms with Crippen LogP contribution in [0.25, 0.3) is 0 Å². The van der Waals surface area contributed by atoms with Gasteiger partial charge in [0.2, 0.25) is 5.91 Å². The van der Waals surface area contributed by atoms with Crippen LogP contribution in [0.3, 0.4) is 0 Å². The van der Waals surface area contributed by atoms with E-state index < -0.39 is 0 Å². The van der Waals surface area contributed by atoms with Gasteiger partial charge < -0.3 is 0 Å². The summed E-state index contributed by atoms with van der Waals surface area (Å²) < 4.78 is 0. The van der Waals surface area contributed by atoms with Crippen molar-refractivity contribution in [2.75, 3.05) is 0 Å². The highest BCUT2D eigenvalue weighted by Gasteiger charge is 2.20. The highest BCUT2D eigenvalue weighted by atomic mass is 16.2. The van der Waals surface area contributed by atoms with Crippen LogP contribution < -0.4 is 11.3 Å². The van der Waals surface area contributed by atoms with Crippen molar-refractivity contribution in [3.8, 4) is 0 Å². The minimum absolute atomic E-state index is 0.158. The summed E-state index contributed by atoms with van der Waals surface area (Å²) in [6.07, 6.45) is 0.645. The third-order valence-corrected chi connectivity index (χ3v) is 3.50. The molecule has 2 rings (SSSR count). The Morgan fingerprint density at radius 3 is 2.00 bits per heavy atom. The summed E-state index contributed by atoms with van der Waals surface area (Å²) in [6.45, 7) is 4.08. The predicted octanol–water partition coefficient (Wildman–Crippen LogP) is 2.62. The molecule has 0 saturated heterocycles. The highest BCUT2D eigenvalue weighted by molar-refractivity contribution is 5.83. The van der Waals surface area contributed by atoms with Crippen LogP contribution in [0.4, 0.5) is 0 Å². The number of aryl methyl sites for hydroxylation is 2. The molecule has 3 nitrogen and oxygen atoms in total. The zero-order valence-electron chi connectivity index (χ0n) is 11.9. The van der Waals surface area contributed by atoms with E-state index in [2.05, 4.69) is 29.7 Å². The molecule has 1 amide bonds. The normalized spacial score (nSPS) is 11.9. The average Bonchev–Trinajstić information content (AvgIpc) is 2.47. The molecule has 2 aromatic rings. The molecule has 0 saturated carbocycles. The number of rotatable bonds is 4. The van der Waals surface area contributed by atoms with Crippen molar-refractivity contribution in [1.29, 1.82) is 0 Å². The molecule has 0 aliphatic heterocycles. The number of hydrazine groups is 1. The topological polar surface area (TPSA) is 55.1 Å². The van der Waals surface area contributed by atoms with E-state index in [0.717, 1.165) is 11.1 Å². The number of benzene rings is 2. The Kier molecular flexibility index (Phi) is 4.53. The van der Waals surface area contributed by atoms with E-state index in [0.29, 0.717) is 6.42 Å². The lowest BCUT2D eigenvalue weighted by atomic mass is 9.90. The minimum Gasteiger partial charge on any atom is -0.294 e. The van der Waals surface area contributed by atoms with Crippen LogP contribution in [-0.2, 0) is 11.2 Å². The number of carbonyl (C=O) groups excluding carboxylic acids is 1. The van der Waals surface area contributed by atoms with Gasteiger partial charge in [-0.2, -0.15) is 0 Å². The summed E-state index contributed by atoms with van der Waals surface area (Å²) >= 11 is 0. The van der Waals surface area contributed by atoms with Gasteiger partial charge in [-0.15, -0.1) is 0 Å². The molecule has 0 aromatic heterocycles. The SMILES string of the molecule is Cc1ccc(CC(C(=O)NN)c2ccc(C)cc2)cc1. The van der Waals surface area contributed by atoms with Crippen LogP contribution in [0.2, 0.25) is 0 Å². The molecule has 0 aliphatic carbocycles. The second-order valence-corrected chi connectivity index (χ2v) is 5.16. The number of amides is 1. The molecule has 0 spiro atoms. The van der Waals surface area contributed by atoms with Gasteiger partial charge in [0.1, 0.15) is 0 Å². The average molecular weight is 268 g/mol. The van der Waals surface area contributed by atoms with Crippen LogP contribution >= 0.6 is 0 Å². The first-order valence-electron chi connectivity index (χ1n) is 6.72. The number of carbonyl (C=O) groups is 1. The molecule has 3 N–H and O–H groups in total. The molecule has 0 radical (unpaired) electrons. The van der Waals surface area contributed by atoms with Gasteiger partial charge in [-0.05, 0) is 31.4 Å². The molecule has 0 heterocycles. The fourth-order valence-corrected chi connectivity index (χ4v) is 2.22. The van der Waals surface area contributed by atoms with Gasteiger partial charge in [0.05, 0.1) is 5.92 Å². The lowest BCUT2D eigenvalue weighted by molar-refractivity contribution is -0.122. The number of hydrogen-bond acceptors (Lipinski definition) is 2. The van der Waals surface area contributed by atoms with E-state index >= 15 is 0 Å². The second kappa shape index (κ2) is 6.35. The molecule has 3 heteroatoms. The standard InChI is InChI=1S/C17H20N2O/c1-12-3-7-14(8-4-12)11-16(17(20)19-18)15-9-5-13(2)6-10-15/h3-10,16H,11,18H2,1-2H3,(H,19,20). The van der Waals surface area contributed by atoms with E-state index in [1.165, 1.54) is 11.1 Å². The summed E-state index contributed by atoms with van der Waals surface area (Å²) in [5.41, 5.74) is 6.77. The van der Waals surface area contributed by atoms with Gasteiger partial charge in [0, 0.05) is 0 Å². The lowest BCUT2D eigenvalue weighted by Gasteiger charge is -2.16. The van der Waals surface area contributed by atoms with Gasteiger partial charge in [0.25, 0.3) is 0 Å². The molecule has 2 aromatic carbocycles. The maximum Gasteiger partial charge on any atom is 0.241 e. The number of hydrogen-bond donors (Lipinski definition) is 2. The van der Waals surface area contributed by atoms with Crippen molar-refractivity contribution in [2.24, 2.45) is 5.84 Å². The van der Waals surface area contributed by atoms with Crippen molar-refractivity contribution < 1.29 is 4.79 Å². The Hall–Kier alpha value is -2.13. The van der Waals surface area contributed by atoms with E-state index in [1.807, 2.05) is 38.1 Å². The maximum atomic E-state index is 12.0. The molecule has 0 bridgehead atoms. The first kappa shape index (κ1) is 14.3. The molecule has 1 unspecified atom stereocenters. The predicted molar refractivity (Wildman–Crippen MR) is 81.1 cm³/mol. The molecule has 0 aliphatic rings. The van der Waals surface area contributed by atoms with Crippen LogP contribution in [-0.4, -0.2) is 5.91 Å². The Morgan fingerprint density at radius 2 is 1.50 bits per heavy atom. The summed E-state index contributed by atoms with van der Waals surface area (Å²) in [7, 11) is 0. The van der Waals surface area contributed by atoms with Crippen molar-refractivity contribution >= 4 is 5.91 Å². The lowest BCUT2D eigenvalue weighted by Crippen LogP contribution is -2.35. The third kappa shape index (κ3) is 3.45. The summed E-state index contributed by atoms with van der Waals surface area (Å²) in [6, 6.07) is 16.2. The van der Waals surface area contributed by atoms with E-state index in [1.54, 1.807) is 0 Å². The summed E-state index contributed by atoms with van der Waals surface area (Å²) in [4.78, 5) is 12.0. The van der Waals surface area contributed by atoms with Crippen LogP contribution in [0, 0.1) is 13.8 Å². The zero-order chi connectivity index (χ0) is 14.5. The van der Waals surface area contributed by atoms with E-state index in [-0.39, 0.29) is 11.8 Å². The van der Waals surface area contributed by atoms with Gasteiger partial charge in [-0.1, -0.05) is 59.7 Å². The fourth-order valence-electron chi connectivity index (χ4n) is 2.22. The molecular formula is C17H20N2O. The van der Waals surface area contributed by atoms with Gasteiger partial charge in [0.15, 0.2) is 0 Å². The molecule has 0 fully saturated rings. The van der Waals surface area contributed by atoms with Crippen LogP contribution in [0.15, 0.2) is 48.5 Å². The van der Waals surface area contributed by atoms with Gasteiger partial charge in [-0.3, -0.25) is 10.2 Å². The Balaban J connectivity index is 2.26. The van der Waals surface area contributed by atoms with Crippen molar-refractivity contribution in [1.82, 2.24) is 5.43 Å². The fraction of sp³-hybridized carbons (Fsp3) is 0.235. The molecular weight excluding hydrogens is 248 g/mol. The summed E-state index contributed by atoms with van der Waals surface area (Å²) in [5, 5.41) is 0. The quantitative estimate of drug-likeness (QED) is 0.509. The van der Waals surface area contributed by atoms with Crippen LogP contribution in [0.1, 0.15) is 28.2 Å². The van der Waals surface area contributed by atoms with Crippen LogP contribution in [0.5, 0.6) is 0 Å². The monoisotopic (exact) mass is 268 g/mol. The van der Waals surface area contributed by atoms with E-state index in [4.69, 9.17) is 5.84 Å². The Labute approximate surface area is 119 Å². The minimum atomic E-state index is -0.261. The van der Waals surface area contributed by atoms with Crippen molar-refractivity contribution in [2.45, 2.75) is 26.2 Å². The highest BCUT2D eigenvalue weighted by Crippen LogP contribution is 2.22. The largest absolute Gasteiger partial charge is 0.294 e. The Morgan fingerprint density at radius 1 is 1.00 bits per heavy atom. The Bertz CT molecular complexity index is 573. The van der Waals surface area contributed by atoms with Crippen molar-refractivity contribution in [3.63, 3.8) is 0 Å². The summed E-state index contributed by atoms with van der Waals surface area (Å²) in [5.74, 6) is 4.90. The molecule has 20 heavy (non-hydrogen) atoms. The first-order chi connectivity index (χ1) is 9.60. The van der Waals surface area contributed by atoms with Gasteiger partial charge >= 0.3 is 0 Å². The number of nitrogens with two attached hydrogens (primary N) is 1. The molecule has 1 atom stereocenters. The molecule has 104 valence electrons. The maximum absolute atomic E-state index is 12.0. The first-order valence-corrected chi connectivity index (χ1v) is 6.72. The smallest absolute Gasteiger partial charge is 0.241 e. The van der Waals surface area contributed by atoms with E-state index in [9.17, 15) is 4.79 Å².